The van der Waals surface area contributed by atoms with Crippen LogP contribution in [0.2, 0.25) is 0 Å². The van der Waals surface area contributed by atoms with Crippen molar-refractivity contribution in [3.05, 3.63) is 35.9 Å². The summed E-state index contributed by atoms with van der Waals surface area (Å²) in [6.45, 7) is 5.87. The van der Waals surface area contributed by atoms with Crippen LogP contribution in [0.1, 0.15) is 25.3 Å². The van der Waals surface area contributed by atoms with Crippen LogP contribution in [0.25, 0.3) is 33.1 Å². The maximum atomic E-state index is 16.0. The van der Waals surface area contributed by atoms with E-state index in [1.165, 1.54) is 0 Å². The molecule has 5 heterocycles. The fourth-order valence-electron chi connectivity index (χ4n) is 5.04. The van der Waals surface area contributed by atoms with Gasteiger partial charge in [0.25, 0.3) is 0 Å². The molecule has 2 unspecified atom stereocenters. The van der Waals surface area contributed by atoms with E-state index >= 15 is 4.39 Å². The number of ether oxygens (including phenoxy) is 1. The summed E-state index contributed by atoms with van der Waals surface area (Å²) in [5, 5.41) is 12.1. The number of pyridine rings is 1. The van der Waals surface area contributed by atoms with E-state index in [2.05, 4.69) is 35.4 Å². The number of nitrogens with zero attached hydrogens (tertiary/aromatic N) is 5. The van der Waals surface area contributed by atoms with E-state index in [4.69, 9.17) is 4.74 Å². The van der Waals surface area contributed by atoms with Crippen LogP contribution in [0.5, 0.6) is 6.01 Å². The molecular weight excluding hydrogens is 409 g/mol. The number of aryl methyl sites for hydroxylation is 1. The number of benzene rings is 1. The van der Waals surface area contributed by atoms with Gasteiger partial charge in [-0.2, -0.15) is 15.1 Å². The van der Waals surface area contributed by atoms with Gasteiger partial charge in [-0.25, -0.2) is 4.39 Å². The Hall–Kier alpha value is -3.33. The van der Waals surface area contributed by atoms with Crippen LogP contribution in [-0.2, 0) is 0 Å². The summed E-state index contributed by atoms with van der Waals surface area (Å²) in [6.07, 6.45) is 5.69. The van der Waals surface area contributed by atoms with E-state index in [1.807, 2.05) is 26.0 Å². The minimum absolute atomic E-state index is 0.190. The maximum Gasteiger partial charge on any atom is 0.319 e. The first-order valence-electron chi connectivity index (χ1n) is 11.1. The van der Waals surface area contributed by atoms with Crippen molar-refractivity contribution in [2.24, 2.45) is 0 Å². The van der Waals surface area contributed by atoms with Crippen molar-refractivity contribution in [2.45, 2.75) is 38.8 Å². The molecule has 2 atom stereocenters. The molecule has 2 aliphatic heterocycles. The molecule has 2 fully saturated rings. The van der Waals surface area contributed by atoms with Crippen LogP contribution >= 0.6 is 0 Å². The summed E-state index contributed by atoms with van der Waals surface area (Å²) in [4.78, 5) is 15.9. The lowest BCUT2D eigenvalue weighted by atomic mass is 10.00. The lowest BCUT2D eigenvalue weighted by molar-refractivity contribution is 0.313. The van der Waals surface area contributed by atoms with Gasteiger partial charge < -0.3 is 15.0 Å². The Labute approximate surface area is 184 Å². The summed E-state index contributed by atoms with van der Waals surface area (Å²) < 4.78 is 21.7. The molecule has 0 radical (unpaired) electrons. The number of hydrogen-bond donors (Lipinski definition) is 2. The number of aromatic amines is 1. The Bertz CT molecular complexity index is 1330. The van der Waals surface area contributed by atoms with Gasteiger partial charge >= 0.3 is 6.01 Å². The number of anilines is 1. The number of rotatable bonds is 4. The molecule has 2 saturated heterocycles. The number of piperazine rings is 1. The Morgan fingerprint density at radius 1 is 1.12 bits per heavy atom. The standard InChI is InChI=1S/C23H24FN7O/c1-3-32-23-28-20-16(22(29-23)31-10-13-5-6-14(11-31)27-13)8-25-21(19(20)24)18-12(2)4-7-17-15(18)9-26-30-17/h4,7-9,13-14,27H,3,5-6,10-11H2,1-2H3,(H,26,30). The van der Waals surface area contributed by atoms with E-state index in [0.717, 1.165) is 42.4 Å². The van der Waals surface area contributed by atoms with E-state index in [1.54, 1.807) is 12.4 Å². The molecule has 4 aromatic rings. The van der Waals surface area contributed by atoms with Crippen LogP contribution in [0.3, 0.4) is 0 Å². The second kappa shape index (κ2) is 7.37. The Morgan fingerprint density at radius 2 is 1.94 bits per heavy atom. The van der Waals surface area contributed by atoms with Crippen molar-refractivity contribution in [3.63, 3.8) is 0 Å². The highest BCUT2D eigenvalue weighted by Gasteiger charge is 2.34. The summed E-state index contributed by atoms with van der Waals surface area (Å²) in [5.41, 5.74) is 2.96. The Morgan fingerprint density at radius 3 is 2.72 bits per heavy atom. The molecule has 2 bridgehead atoms. The van der Waals surface area contributed by atoms with Crippen molar-refractivity contribution in [1.82, 2.24) is 30.5 Å². The number of nitrogens with one attached hydrogen (secondary N) is 2. The van der Waals surface area contributed by atoms with Gasteiger partial charge in [-0.15, -0.1) is 0 Å². The predicted octanol–water partition coefficient (Wildman–Crippen LogP) is 3.35. The van der Waals surface area contributed by atoms with Crippen molar-refractivity contribution in [3.8, 4) is 17.3 Å². The van der Waals surface area contributed by atoms with Gasteiger partial charge in [0.05, 0.1) is 23.7 Å². The SMILES string of the molecule is CCOc1nc(N2CC3CCC(C2)N3)c2cnc(-c3c(C)ccc4[nH]ncc34)c(F)c2n1. The highest BCUT2D eigenvalue weighted by atomic mass is 19.1. The van der Waals surface area contributed by atoms with Crippen LogP contribution in [0.15, 0.2) is 24.5 Å². The Kier molecular flexibility index (Phi) is 4.46. The van der Waals surface area contributed by atoms with Crippen LogP contribution in [0, 0.1) is 12.7 Å². The number of halogens is 1. The van der Waals surface area contributed by atoms with Gasteiger partial charge in [-0.3, -0.25) is 10.1 Å². The third-order valence-electron chi connectivity index (χ3n) is 6.50. The first-order valence-corrected chi connectivity index (χ1v) is 11.1. The third kappa shape index (κ3) is 2.99. The van der Waals surface area contributed by atoms with E-state index in [9.17, 15) is 0 Å². The third-order valence-corrected chi connectivity index (χ3v) is 6.50. The lowest BCUT2D eigenvalue weighted by Crippen LogP contribution is -2.51. The topological polar surface area (TPSA) is 91.8 Å². The van der Waals surface area contributed by atoms with Crippen molar-refractivity contribution in [2.75, 3.05) is 24.6 Å². The first kappa shape index (κ1) is 19.4. The average Bonchev–Trinajstić information content (AvgIpc) is 3.40. The molecule has 0 amide bonds. The highest BCUT2D eigenvalue weighted by Crippen LogP contribution is 2.37. The fourth-order valence-corrected chi connectivity index (χ4v) is 5.04. The van der Waals surface area contributed by atoms with Crippen LogP contribution < -0.4 is 15.0 Å². The van der Waals surface area contributed by atoms with Gasteiger partial charge in [0, 0.05) is 42.3 Å². The monoisotopic (exact) mass is 433 g/mol. The fraction of sp³-hybridized carbons (Fsp3) is 0.391. The smallest absolute Gasteiger partial charge is 0.319 e. The van der Waals surface area contributed by atoms with Gasteiger partial charge in [0.2, 0.25) is 0 Å². The highest BCUT2D eigenvalue weighted by molar-refractivity contribution is 5.98. The van der Waals surface area contributed by atoms with Crippen LogP contribution in [-0.4, -0.2) is 56.9 Å². The normalized spacial score (nSPS) is 20.4. The largest absolute Gasteiger partial charge is 0.464 e. The second-order valence-corrected chi connectivity index (χ2v) is 8.58. The maximum absolute atomic E-state index is 16.0. The summed E-state index contributed by atoms with van der Waals surface area (Å²) in [7, 11) is 0. The minimum Gasteiger partial charge on any atom is -0.464 e. The molecule has 0 saturated carbocycles. The van der Waals surface area contributed by atoms with E-state index < -0.39 is 5.82 Å². The quantitative estimate of drug-likeness (QED) is 0.510. The molecule has 0 spiro atoms. The van der Waals surface area contributed by atoms with Crippen molar-refractivity contribution in [1.29, 1.82) is 0 Å². The molecule has 2 N–H and O–H groups in total. The molecule has 164 valence electrons. The van der Waals surface area contributed by atoms with Crippen molar-refractivity contribution >= 4 is 27.6 Å². The average molecular weight is 433 g/mol. The number of aromatic nitrogens is 5. The summed E-state index contributed by atoms with van der Waals surface area (Å²) in [6, 6.07) is 4.91. The van der Waals surface area contributed by atoms with Crippen LogP contribution in [0.4, 0.5) is 10.2 Å². The molecule has 1 aromatic carbocycles. The van der Waals surface area contributed by atoms with Gasteiger partial charge in [0.1, 0.15) is 17.0 Å². The zero-order chi connectivity index (χ0) is 21.8. The summed E-state index contributed by atoms with van der Waals surface area (Å²) in [5.74, 6) is 0.218. The molecule has 2 aliphatic rings. The zero-order valence-corrected chi connectivity index (χ0v) is 18.0. The zero-order valence-electron chi connectivity index (χ0n) is 18.0. The second-order valence-electron chi connectivity index (χ2n) is 8.58. The van der Waals surface area contributed by atoms with E-state index in [0.29, 0.717) is 35.5 Å². The number of H-pyrrole nitrogens is 1. The molecule has 3 aromatic heterocycles. The predicted molar refractivity (Wildman–Crippen MR) is 120 cm³/mol. The van der Waals surface area contributed by atoms with Crippen molar-refractivity contribution < 1.29 is 9.13 Å². The van der Waals surface area contributed by atoms with Gasteiger partial charge in [-0.1, -0.05) is 6.07 Å². The molecule has 6 rings (SSSR count). The van der Waals surface area contributed by atoms with Gasteiger partial charge in [0.15, 0.2) is 5.82 Å². The Balaban J connectivity index is 1.56. The molecule has 8 nitrogen and oxygen atoms in total. The lowest BCUT2D eigenvalue weighted by Gasteiger charge is -2.34. The summed E-state index contributed by atoms with van der Waals surface area (Å²) >= 11 is 0. The molecule has 32 heavy (non-hydrogen) atoms. The van der Waals surface area contributed by atoms with Gasteiger partial charge in [-0.05, 0) is 38.3 Å². The molecule has 0 aliphatic carbocycles. The number of fused-ring (bicyclic) bond motifs is 4. The minimum atomic E-state index is -0.470. The van der Waals surface area contributed by atoms with E-state index in [-0.39, 0.29) is 17.2 Å². The first-order chi connectivity index (χ1) is 15.6. The number of hydrogen-bond acceptors (Lipinski definition) is 7. The molecule has 9 heteroatoms. The molecular formula is C23H24FN7O.